The third-order valence-electron chi connectivity index (χ3n) is 3.78. The number of carbonyl (C=O) groups is 1. The highest BCUT2D eigenvalue weighted by Gasteiger charge is 2.35. The van der Waals surface area contributed by atoms with E-state index < -0.39 is 22.9 Å². The minimum atomic E-state index is -4.66. The molecule has 0 fully saturated rings. The molecule has 0 spiro atoms. The van der Waals surface area contributed by atoms with Crippen LogP contribution in [0.1, 0.15) is 16.4 Å². The van der Waals surface area contributed by atoms with Gasteiger partial charge in [-0.3, -0.25) is 4.79 Å². The van der Waals surface area contributed by atoms with Gasteiger partial charge in [0.1, 0.15) is 11.6 Å². The number of rotatable bonds is 5. The minimum absolute atomic E-state index is 0.0709. The lowest BCUT2D eigenvalue weighted by Crippen LogP contribution is -2.21. The largest absolute Gasteiger partial charge is 0.418 e. The number of benzene rings is 2. The van der Waals surface area contributed by atoms with Crippen molar-refractivity contribution in [3.63, 3.8) is 0 Å². The van der Waals surface area contributed by atoms with Crippen molar-refractivity contribution in [3.8, 4) is 0 Å². The molecule has 0 unspecified atom stereocenters. The molecule has 0 aliphatic carbocycles. The minimum Gasteiger partial charge on any atom is -0.324 e. The van der Waals surface area contributed by atoms with Crippen LogP contribution < -0.4 is 5.32 Å². The van der Waals surface area contributed by atoms with Gasteiger partial charge in [0.15, 0.2) is 5.16 Å². The Morgan fingerprint density at radius 3 is 2.54 bits per heavy atom. The Morgan fingerprint density at radius 1 is 1.21 bits per heavy atom. The zero-order chi connectivity index (χ0) is 20.3. The van der Waals surface area contributed by atoms with Gasteiger partial charge in [-0.1, -0.05) is 53.7 Å². The van der Waals surface area contributed by atoms with E-state index in [2.05, 4.69) is 15.5 Å². The van der Waals surface area contributed by atoms with Gasteiger partial charge in [-0.15, -0.1) is 10.2 Å². The highest BCUT2D eigenvalue weighted by atomic mass is 35.5. The average Bonchev–Trinajstić information content (AvgIpc) is 3.05. The summed E-state index contributed by atoms with van der Waals surface area (Å²) in [5, 5.41) is 9.63. The third kappa shape index (κ3) is 4.66. The Labute approximate surface area is 167 Å². The fraction of sp³-hybridized carbons (Fsp3) is 0.167. The number of nitrogens with zero attached hydrogens (tertiary/aromatic N) is 3. The van der Waals surface area contributed by atoms with Gasteiger partial charge in [-0.25, -0.2) is 0 Å². The summed E-state index contributed by atoms with van der Waals surface area (Å²) in [4.78, 5) is 12.9. The molecule has 0 bridgehead atoms. The molecule has 1 amide bonds. The summed E-state index contributed by atoms with van der Waals surface area (Å²) >= 11 is 6.78. The lowest BCUT2D eigenvalue weighted by atomic mass is 10.1. The molecule has 1 N–H and O–H groups in total. The van der Waals surface area contributed by atoms with Crippen LogP contribution in [-0.2, 0) is 18.0 Å². The summed E-state index contributed by atoms with van der Waals surface area (Å²) in [6.45, 7) is 0. The van der Waals surface area contributed by atoms with E-state index in [-0.39, 0.29) is 10.7 Å². The smallest absolute Gasteiger partial charge is 0.324 e. The number of halogens is 4. The topological polar surface area (TPSA) is 59.8 Å². The number of hydrogen-bond acceptors (Lipinski definition) is 4. The van der Waals surface area contributed by atoms with Crippen molar-refractivity contribution in [3.05, 3.63) is 71.0 Å². The molecule has 1 atom stereocenters. The maximum absolute atomic E-state index is 13.3. The molecule has 0 aliphatic heterocycles. The molecule has 0 radical (unpaired) electrons. The van der Waals surface area contributed by atoms with E-state index >= 15 is 0 Å². The van der Waals surface area contributed by atoms with Crippen molar-refractivity contribution in [1.29, 1.82) is 0 Å². The molecule has 28 heavy (non-hydrogen) atoms. The zero-order valence-electron chi connectivity index (χ0n) is 14.4. The molecule has 1 heterocycles. The molecule has 3 rings (SSSR count). The monoisotopic (exact) mass is 426 g/mol. The zero-order valence-corrected chi connectivity index (χ0v) is 16.0. The van der Waals surface area contributed by atoms with Crippen LogP contribution in [0.15, 0.2) is 60.0 Å². The van der Waals surface area contributed by atoms with Gasteiger partial charge in [0.05, 0.1) is 11.3 Å². The highest BCUT2D eigenvalue weighted by Crippen LogP contribution is 2.39. The molecule has 1 aromatic heterocycles. The van der Waals surface area contributed by atoms with E-state index in [1.807, 2.05) is 0 Å². The van der Waals surface area contributed by atoms with Gasteiger partial charge in [0.25, 0.3) is 0 Å². The van der Waals surface area contributed by atoms with Crippen molar-refractivity contribution >= 4 is 35.0 Å². The van der Waals surface area contributed by atoms with Crippen LogP contribution in [0.2, 0.25) is 5.02 Å². The maximum Gasteiger partial charge on any atom is 0.418 e. The summed E-state index contributed by atoms with van der Waals surface area (Å²) in [6, 6.07) is 11.9. The number of anilines is 1. The summed E-state index contributed by atoms with van der Waals surface area (Å²) in [7, 11) is 1.71. The number of aromatic nitrogens is 3. The molecule has 3 aromatic rings. The summed E-state index contributed by atoms with van der Waals surface area (Å²) in [6.07, 6.45) is -3.18. The fourth-order valence-corrected chi connectivity index (χ4v) is 3.59. The third-order valence-corrected chi connectivity index (χ3v) is 5.32. The SMILES string of the molecule is Cn1cnnc1S[C@@H](C(=O)Nc1ccc(Cl)cc1C(F)(F)F)c1ccccc1. The molecule has 0 aliphatic rings. The fourth-order valence-electron chi connectivity index (χ4n) is 2.44. The molecular weight excluding hydrogens is 413 g/mol. The quantitative estimate of drug-likeness (QED) is 0.586. The van der Waals surface area contributed by atoms with Crippen molar-refractivity contribution in [2.45, 2.75) is 16.6 Å². The molecule has 2 aromatic carbocycles. The normalized spacial score (nSPS) is 12.6. The van der Waals surface area contributed by atoms with Crippen molar-refractivity contribution < 1.29 is 18.0 Å². The Hall–Kier alpha value is -2.52. The number of thioether (sulfide) groups is 1. The number of nitrogens with one attached hydrogen (secondary N) is 1. The van der Waals surface area contributed by atoms with Crippen LogP contribution in [0.4, 0.5) is 18.9 Å². The van der Waals surface area contributed by atoms with Crippen LogP contribution in [-0.4, -0.2) is 20.7 Å². The number of amides is 1. The number of hydrogen-bond donors (Lipinski definition) is 1. The van der Waals surface area contributed by atoms with Crippen molar-refractivity contribution in [1.82, 2.24) is 14.8 Å². The van der Waals surface area contributed by atoms with Crippen LogP contribution in [0.5, 0.6) is 0 Å². The highest BCUT2D eigenvalue weighted by molar-refractivity contribution is 8.00. The van der Waals surface area contributed by atoms with E-state index in [0.717, 1.165) is 23.9 Å². The van der Waals surface area contributed by atoms with Crippen LogP contribution in [0, 0.1) is 0 Å². The Balaban J connectivity index is 1.94. The Kier molecular flexibility index (Phi) is 5.95. The van der Waals surface area contributed by atoms with Gasteiger partial charge in [0, 0.05) is 12.1 Å². The van der Waals surface area contributed by atoms with Crippen LogP contribution >= 0.6 is 23.4 Å². The van der Waals surface area contributed by atoms with Gasteiger partial charge < -0.3 is 9.88 Å². The second-order valence-corrected chi connectivity index (χ2v) is 7.32. The molecular formula is C18H14ClF3N4OS. The lowest BCUT2D eigenvalue weighted by molar-refractivity contribution is -0.137. The lowest BCUT2D eigenvalue weighted by Gasteiger charge is -2.19. The number of carbonyl (C=O) groups excluding carboxylic acids is 1. The number of aryl methyl sites for hydroxylation is 1. The van der Waals surface area contributed by atoms with Crippen LogP contribution in [0.3, 0.4) is 0 Å². The molecule has 0 saturated carbocycles. The van der Waals surface area contributed by atoms with E-state index in [4.69, 9.17) is 11.6 Å². The predicted octanol–water partition coefficient (Wildman–Crippen LogP) is 4.96. The van der Waals surface area contributed by atoms with Gasteiger partial charge >= 0.3 is 6.18 Å². The molecule has 0 saturated heterocycles. The first kappa shape index (κ1) is 20.2. The van der Waals surface area contributed by atoms with Crippen molar-refractivity contribution in [2.24, 2.45) is 7.05 Å². The second-order valence-electron chi connectivity index (χ2n) is 5.81. The van der Waals surface area contributed by atoms with Gasteiger partial charge in [-0.2, -0.15) is 13.2 Å². The van der Waals surface area contributed by atoms with Gasteiger partial charge in [-0.05, 0) is 23.8 Å². The Bertz CT molecular complexity index is 978. The second kappa shape index (κ2) is 8.24. The van der Waals surface area contributed by atoms with E-state index in [1.54, 1.807) is 41.9 Å². The van der Waals surface area contributed by atoms with E-state index in [0.29, 0.717) is 10.7 Å². The average molecular weight is 427 g/mol. The van der Waals surface area contributed by atoms with E-state index in [9.17, 15) is 18.0 Å². The standard InChI is InChI=1S/C18H14ClF3N4OS/c1-26-10-23-25-17(26)28-15(11-5-3-2-4-6-11)16(27)24-14-8-7-12(19)9-13(14)18(20,21)22/h2-10,15H,1H3,(H,24,27)/t15-/m1/s1. The van der Waals surface area contributed by atoms with Crippen LogP contribution in [0.25, 0.3) is 0 Å². The maximum atomic E-state index is 13.3. The first-order chi connectivity index (χ1) is 13.3. The Morgan fingerprint density at radius 2 is 1.93 bits per heavy atom. The molecule has 5 nitrogen and oxygen atoms in total. The van der Waals surface area contributed by atoms with Gasteiger partial charge in [0.2, 0.25) is 5.91 Å². The summed E-state index contributed by atoms with van der Waals surface area (Å²) < 4.78 is 41.6. The first-order valence-corrected chi connectivity index (χ1v) is 9.24. The molecule has 146 valence electrons. The summed E-state index contributed by atoms with van der Waals surface area (Å²) in [5.41, 5.74) is -0.749. The predicted molar refractivity (Wildman–Crippen MR) is 101 cm³/mol. The number of alkyl halides is 3. The summed E-state index contributed by atoms with van der Waals surface area (Å²) in [5.74, 6) is -0.618. The van der Waals surface area contributed by atoms with Crippen molar-refractivity contribution in [2.75, 3.05) is 5.32 Å². The molecule has 10 heteroatoms. The van der Waals surface area contributed by atoms with E-state index in [1.165, 1.54) is 12.4 Å². The first-order valence-electron chi connectivity index (χ1n) is 7.99.